The van der Waals surface area contributed by atoms with Crippen molar-refractivity contribution in [1.29, 1.82) is 5.26 Å². The van der Waals surface area contributed by atoms with E-state index in [2.05, 4.69) is 25.9 Å². The van der Waals surface area contributed by atoms with Crippen molar-refractivity contribution in [2.24, 2.45) is 5.92 Å². The van der Waals surface area contributed by atoms with E-state index < -0.39 is 35.6 Å². The zero-order valence-corrected chi connectivity index (χ0v) is 20.7. The van der Waals surface area contributed by atoms with E-state index in [1.807, 2.05) is 19.9 Å². The summed E-state index contributed by atoms with van der Waals surface area (Å²) >= 11 is 0. The molecular weight excluding hydrogens is 476 g/mol. The smallest absolute Gasteiger partial charge is 0.289 e. The van der Waals surface area contributed by atoms with Gasteiger partial charge in [0.25, 0.3) is 11.8 Å². The van der Waals surface area contributed by atoms with Crippen LogP contribution in [0.2, 0.25) is 0 Å². The summed E-state index contributed by atoms with van der Waals surface area (Å²) in [6.07, 6.45) is 1.45. The van der Waals surface area contributed by atoms with Gasteiger partial charge in [-0.2, -0.15) is 5.26 Å². The monoisotopic (exact) mass is 504 g/mol. The van der Waals surface area contributed by atoms with Crippen LogP contribution >= 0.6 is 0 Å². The van der Waals surface area contributed by atoms with Crippen LogP contribution in [0.4, 0.5) is 0 Å². The molecular formula is C26H28N6O5. The Morgan fingerprint density at radius 3 is 2.51 bits per heavy atom. The largest absolute Gasteiger partial charge is 0.493 e. The highest BCUT2D eigenvalue weighted by atomic mass is 16.3. The first-order valence-corrected chi connectivity index (χ1v) is 11.7. The minimum Gasteiger partial charge on any atom is -0.493 e. The van der Waals surface area contributed by atoms with Gasteiger partial charge in [0, 0.05) is 36.1 Å². The molecule has 0 spiro atoms. The summed E-state index contributed by atoms with van der Waals surface area (Å²) in [7, 11) is 1.29. The van der Waals surface area contributed by atoms with Gasteiger partial charge in [-0.05, 0) is 42.7 Å². The minimum atomic E-state index is -1.30. The standard InChI is InChI=1S/C26H28N6O5/c1-14(2)9-20(32-25(36)21-12-17-10-15(13-27)6-7-18(17)30-21)24(35)31-19(22(33)26(37)28-3)11-16-5-4-8-29-23(16)34/h4-8,10,12,14,19-20,30H,9,11H2,1-3H3,(H,28,37)(H,29,34)(H,31,35)(H,32,36). The number of nitrogens with one attached hydrogen (secondary N) is 4. The number of H-pyrrole nitrogens is 1. The van der Waals surface area contributed by atoms with Crippen molar-refractivity contribution >= 4 is 34.4 Å². The SMILES string of the molecule is CNC(=O)C(=O)C(Cc1cccnc1O)NC(=O)C(CC(C)C)NC(=O)c1cc2cc(C#N)ccc2[nH]1. The molecule has 2 atom stereocenters. The van der Waals surface area contributed by atoms with E-state index >= 15 is 0 Å². The maximum Gasteiger partial charge on any atom is 0.289 e. The van der Waals surface area contributed by atoms with Crippen LogP contribution in [0.5, 0.6) is 5.88 Å². The van der Waals surface area contributed by atoms with Crippen molar-refractivity contribution in [3.8, 4) is 11.9 Å². The van der Waals surface area contributed by atoms with Crippen molar-refractivity contribution in [2.75, 3.05) is 7.05 Å². The number of carbonyl (C=O) groups excluding carboxylic acids is 4. The Balaban J connectivity index is 1.82. The molecule has 0 radical (unpaired) electrons. The van der Waals surface area contributed by atoms with Crippen molar-refractivity contribution in [3.05, 3.63) is 59.4 Å². The number of benzene rings is 1. The summed E-state index contributed by atoms with van der Waals surface area (Å²) in [6.45, 7) is 3.75. The van der Waals surface area contributed by atoms with Crippen molar-refractivity contribution in [2.45, 2.75) is 38.8 Å². The fraction of sp³-hybridized carbons (Fsp3) is 0.308. The number of aromatic hydroxyl groups is 1. The number of fused-ring (bicyclic) bond motifs is 1. The maximum atomic E-state index is 13.3. The summed E-state index contributed by atoms with van der Waals surface area (Å²) in [4.78, 5) is 57.8. The fourth-order valence-electron chi connectivity index (χ4n) is 3.84. The summed E-state index contributed by atoms with van der Waals surface area (Å²) in [5.41, 5.74) is 1.57. The molecule has 2 aromatic heterocycles. The van der Waals surface area contributed by atoms with Gasteiger partial charge in [-0.3, -0.25) is 19.2 Å². The van der Waals surface area contributed by atoms with Gasteiger partial charge >= 0.3 is 0 Å². The zero-order chi connectivity index (χ0) is 27.1. The number of nitrogens with zero attached hydrogens (tertiary/aromatic N) is 2. The van der Waals surface area contributed by atoms with Gasteiger partial charge in [0.15, 0.2) is 0 Å². The van der Waals surface area contributed by atoms with E-state index in [1.54, 1.807) is 30.3 Å². The molecule has 0 saturated carbocycles. The zero-order valence-electron chi connectivity index (χ0n) is 20.7. The van der Waals surface area contributed by atoms with Gasteiger partial charge in [0.05, 0.1) is 11.6 Å². The second-order valence-electron chi connectivity index (χ2n) is 8.95. The molecule has 0 bridgehead atoms. The number of amides is 3. The van der Waals surface area contributed by atoms with E-state index in [0.29, 0.717) is 16.5 Å². The van der Waals surface area contributed by atoms with Crippen LogP contribution in [-0.4, -0.2) is 57.7 Å². The van der Waals surface area contributed by atoms with Crippen LogP contribution in [-0.2, 0) is 20.8 Å². The Morgan fingerprint density at radius 2 is 1.86 bits per heavy atom. The normalized spacial score (nSPS) is 12.4. The summed E-state index contributed by atoms with van der Waals surface area (Å²) < 4.78 is 0. The third kappa shape index (κ3) is 6.70. The van der Waals surface area contributed by atoms with Crippen molar-refractivity contribution < 1.29 is 24.3 Å². The summed E-state index contributed by atoms with van der Waals surface area (Å²) in [6, 6.07) is 9.34. The van der Waals surface area contributed by atoms with E-state index in [1.165, 1.54) is 19.3 Å². The molecule has 2 unspecified atom stereocenters. The predicted molar refractivity (Wildman–Crippen MR) is 134 cm³/mol. The summed E-state index contributed by atoms with van der Waals surface area (Å²) in [5.74, 6) is -3.33. The lowest BCUT2D eigenvalue weighted by Crippen LogP contribution is -2.54. The highest BCUT2D eigenvalue weighted by molar-refractivity contribution is 6.38. The molecule has 0 aliphatic rings. The number of hydrogen-bond donors (Lipinski definition) is 5. The van der Waals surface area contributed by atoms with Crippen LogP contribution in [0, 0.1) is 17.2 Å². The highest BCUT2D eigenvalue weighted by Crippen LogP contribution is 2.18. The fourth-order valence-corrected chi connectivity index (χ4v) is 3.84. The molecule has 37 heavy (non-hydrogen) atoms. The second-order valence-corrected chi connectivity index (χ2v) is 8.95. The van der Waals surface area contributed by atoms with E-state index in [-0.39, 0.29) is 35.9 Å². The Bertz CT molecular complexity index is 1370. The third-order valence-corrected chi connectivity index (χ3v) is 5.70. The number of carbonyl (C=O) groups is 4. The second kappa shape index (κ2) is 11.8. The maximum absolute atomic E-state index is 13.3. The van der Waals surface area contributed by atoms with Crippen LogP contribution in [0.3, 0.4) is 0 Å². The van der Waals surface area contributed by atoms with Gasteiger partial charge in [-0.15, -0.1) is 0 Å². The average Bonchev–Trinajstić information content (AvgIpc) is 3.31. The highest BCUT2D eigenvalue weighted by Gasteiger charge is 2.31. The first-order valence-electron chi connectivity index (χ1n) is 11.7. The van der Waals surface area contributed by atoms with Gasteiger partial charge < -0.3 is 26.0 Å². The molecule has 3 aromatic rings. The van der Waals surface area contributed by atoms with Crippen LogP contribution in [0.15, 0.2) is 42.6 Å². The number of likely N-dealkylation sites (N-methyl/N-ethyl adjacent to an activating group) is 1. The number of Topliss-reactive ketones (excluding diaryl/α,β-unsaturated/α-hetero) is 1. The third-order valence-electron chi connectivity index (χ3n) is 5.70. The first-order chi connectivity index (χ1) is 17.6. The van der Waals surface area contributed by atoms with Gasteiger partial charge in [0.2, 0.25) is 17.6 Å². The number of rotatable bonds is 10. The minimum absolute atomic E-state index is 0.00686. The number of aromatic amines is 1. The summed E-state index contributed by atoms with van der Waals surface area (Å²) in [5, 5.41) is 27.3. The average molecular weight is 505 g/mol. The number of nitriles is 1. The molecule has 0 saturated heterocycles. The van der Waals surface area contributed by atoms with Crippen molar-refractivity contribution in [3.63, 3.8) is 0 Å². The molecule has 2 heterocycles. The number of hydrogen-bond acceptors (Lipinski definition) is 7. The number of aromatic nitrogens is 2. The molecule has 3 rings (SSSR count). The van der Waals surface area contributed by atoms with Crippen LogP contribution < -0.4 is 16.0 Å². The lowest BCUT2D eigenvalue weighted by atomic mass is 9.99. The predicted octanol–water partition coefficient (Wildman–Crippen LogP) is 1.33. The molecule has 0 aliphatic heterocycles. The Morgan fingerprint density at radius 1 is 1.11 bits per heavy atom. The first kappa shape index (κ1) is 26.9. The Hall–Kier alpha value is -4.72. The van der Waals surface area contributed by atoms with Gasteiger partial charge in [0.1, 0.15) is 17.8 Å². The van der Waals surface area contributed by atoms with Crippen LogP contribution in [0.25, 0.3) is 10.9 Å². The quantitative estimate of drug-likeness (QED) is 0.259. The Kier molecular flexibility index (Phi) is 8.58. The number of ketones is 1. The number of pyridine rings is 1. The topological polar surface area (TPSA) is 177 Å². The molecule has 5 N–H and O–H groups in total. The van der Waals surface area contributed by atoms with E-state index in [0.717, 1.165) is 0 Å². The lowest BCUT2D eigenvalue weighted by molar-refractivity contribution is -0.140. The van der Waals surface area contributed by atoms with Crippen LogP contribution in [0.1, 0.15) is 41.9 Å². The van der Waals surface area contributed by atoms with Crippen molar-refractivity contribution in [1.82, 2.24) is 25.9 Å². The van der Waals surface area contributed by atoms with Gasteiger partial charge in [-0.1, -0.05) is 19.9 Å². The molecule has 0 aliphatic carbocycles. The molecule has 11 heteroatoms. The van der Waals surface area contributed by atoms with Gasteiger partial charge in [-0.25, -0.2) is 4.98 Å². The molecule has 192 valence electrons. The molecule has 11 nitrogen and oxygen atoms in total. The van der Waals surface area contributed by atoms with E-state index in [9.17, 15) is 24.3 Å². The molecule has 0 fully saturated rings. The molecule has 3 amide bonds. The Labute approximate surface area is 213 Å². The van der Waals surface area contributed by atoms with E-state index in [4.69, 9.17) is 5.26 Å². The molecule has 1 aromatic carbocycles. The lowest BCUT2D eigenvalue weighted by Gasteiger charge is -2.23.